The van der Waals surface area contributed by atoms with Gasteiger partial charge in [-0.05, 0) is 44.6 Å². The van der Waals surface area contributed by atoms with Crippen LogP contribution in [0.3, 0.4) is 0 Å². The molecule has 0 bridgehead atoms. The third kappa shape index (κ3) is 4.64. The molecule has 0 unspecified atom stereocenters. The highest BCUT2D eigenvalue weighted by Crippen LogP contribution is 2.34. The number of carbonyl (C=O) groups is 1. The summed E-state index contributed by atoms with van der Waals surface area (Å²) in [5.41, 5.74) is 0.422. The van der Waals surface area contributed by atoms with Gasteiger partial charge in [-0.25, -0.2) is 4.98 Å². The Morgan fingerprint density at radius 1 is 1.12 bits per heavy atom. The van der Waals surface area contributed by atoms with Gasteiger partial charge in [-0.3, -0.25) is 4.79 Å². The van der Waals surface area contributed by atoms with Crippen LogP contribution in [0.4, 0.5) is 13.2 Å². The SMILES string of the molecule is O=C(c1ccnc(OC2CCCCC2)c1)N1CCC(C(F)(F)F)CC1. The molecule has 1 amide bonds. The molecule has 0 radical (unpaired) electrons. The number of hydrogen-bond donors (Lipinski definition) is 0. The predicted octanol–water partition coefficient (Wildman–Crippen LogP) is 4.21. The van der Waals surface area contributed by atoms with Crippen LogP contribution in [0.2, 0.25) is 0 Å². The van der Waals surface area contributed by atoms with E-state index in [2.05, 4.69) is 4.98 Å². The second-order valence-electron chi connectivity index (χ2n) is 6.87. The lowest BCUT2D eigenvalue weighted by Gasteiger charge is -2.33. The van der Waals surface area contributed by atoms with Crippen molar-refractivity contribution in [3.8, 4) is 5.88 Å². The molecule has 0 N–H and O–H groups in total. The predicted molar refractivity (Wildman–Crippen MR) is 86.4 cm³/mol. The van der Waals surface area contributed by atoms with Gasteiger partial charge in [-0.15, -0.1) is 0 Å². The summed E-state index contributed by atoms with van der Waals surface area (Å²) < 4.78 is 44.1. The number of carbonyl (C=O) groups excluding carboxylic acids is 1. The molecule has 7 heteroatoms. The van der Waals surface area contributed by atoms with E-state index in [4.69, 9.17) is 4.74 Å². The molecule has 1 aliphatic heterocycles. The summed E-state index contributed by atoms with van der Waals surface area (Å²) in [7, 11) is 0. The standard InChI is InChI=1S/C18H23F3N2O2/c19-18(20,21)14-7-10-23(11-8-14)17(24)13-6-9-22-16(12-13)25-15-4-2-1-3-5-15/h6,9,12,14-15H,1-5,7-8,10-11H2. The largest absolute Gasteiger partial charge is 0.474 e. The number of hydrogen-bond acceptors (Lipinski definition) is 3. The first-order valence-corrected chi connectivity index (χ1v) is 8.92. The first-order valence-electron chi connectivity index (χ1n) is 8.92. The molecule has 138 valence electrons. The lowest BCUT2D eigenvalue weighted by Crippen LogP contribution is -2.42. The Balaban J connectivity index is 1.60. The van der Waals surface area contributed by atoms with Crippen LogP contribution in [-0.4, -0.2) is 41.2 Å². The Morgan fingerprint density at radius 3 is 2.44 bits per heavy atom. The van der Waals surface area contributed by atoms with Crippen LogP contribution < -0.4 is 4.74 Å². The number of piperidine rings is 1. The molecule has 1 saturated heterocycles. The molecular formula is C18H23F3N2O2. The van der Waals surface area contributed by atoms with E-state index in [0.717, 1.165) is 25.7 Å². The molecule has 25 heavy (non-hydrogen) atoms. The molecule has 2 fully saturated rings. The van der Waals surface area contributed by atoms with Crippen molar-refractivity contribution in [2.24, 2.45) is 5.92 Å². The van der Waals surface area contributed by atoms with Crippen LogP contribution in [0.1, 0.15) is 55.3 Å². The minimum absolute atomic E-state index is 0.0360. The van der Waals surface area contributed by atoms with Crippen molar-refractivity contribution in [1.82, 2.24) is 9.88 Å². The summed E-state index contributed by atoms with van der Waals surface area (Å²) >= 11 is 0. The normalized spacial score (nSPS) is 20.5. The maximum Gasteiger partial charge on any atom is 0.391 e. The van der Waals surface area contributed by atoms with Crippen molar-refractivity contribution in [2.75, 3.05) is 13.1 Å². The second-order valence-corrected chi connectivity index (χ2v) is 6.87. The van der Waals surface area contributed by atoms with Crippen molar-refractivity contribution < 1.29 is 22.7 Å². The summed E-state index contributed by atoms with van der Waals surface area (Å²) in [5.74, 6) is -1.14. The lowest BCUT2D eigenvalue weighted by atomic mass is 9.96. The molecule has 3 rings (SSSR count). The average molecular weight is 356 g/mol. The minimum Gasteiger partial charge on any atom is -0.474 e. The third-order valence-corrected chi connectivity index (χ3v) is 5.07. The van der Waals surface area contributed by atoms with Gasteiger partial charge in [0, 0.05) is 30.9 Å². The van der Waals surface area contributed by atoms with Gasteiger partial charge in [-0.1, -0.05) is 6.42 Å². The number of pyridine rings is 1. The molecule has 1 saturated carbocycles. The fourth-order valence-electron chi connectivity index (χ4n) is 3.55. The van der Waals surface area contributed by atoms with E-state index >= 15 is 0 Å². The highest BCUT2D eigenvalue weighted by Gasteiger charge is 2.41. The summed E-state index contributed by atoms with van der Waals surface area (Å²) in [6, 6.07) is 3.19. The van der Waals surface area contributed by atoms with Crippen LogP contribution in [0.15, 0.2) is 18.3 Å². The maximum absolute atomic E-state index is 12.7. The van der Waals surface area contributed by atoms with Gasteiger partial charge in [0.15, 0.2) is 0 Å². The van der Waals surface area contributed by atoms with E-state index in [0.29, 0.717) is 11.4 Å². The van der Waals surface area contributed by atoms with Crippen LogP contribution in [0.5, 0.6) is 5.88 Å². The van der Waals surface area contributed by atoms with Crippen molar-refractivity contribution in [1.29, 1.82) is 0 Å². The minimum atomic E-state index is -4.17. The van der Waals surface area contributed by atoms with Gasteiger partial charge in [0.1, 0.15) is 6.10 Å². The van der Waals surface area contributed by atoms with E-state index in [9.17, 15) is 18.0 Å². The monoisotopic (exact) mass is 356 g/mol. The quantitative estimate of drug-likeness (QED) is 0.815. The molecule has 0 spiro atoms. The Kier molecular flexibility index (Phi) is 5.49. The van der Waals surface area contributed by atoms with Crippen LogP contribution in [0.25, 0.3) is 0 Å². The summed E-state index contributed by atoms with van der Waals surface area (Å²) in [6.45, 7) is 0.258. The smallest absolute Gasteiger partial charge is 0.391 e. The zero-order chi connectivity index (χ0) is 17.9. The zero-order valence-corrected chi connectivity index (χ0v) is 14.1. The molecule has 1 aromatic rings. The third-order valence-electron chi connectivity index (χ3n) is 5.07. The Bertz CT molecular complexity index is 592. The van der Waals surface area contributed by atoms with Crippen LogP contribution in [-0.2, 0) is 0 Å². The first kappa shape index (κ1) is 18.0. The van der Waals surface area contributed by atoms with Gasteiger partial charge < -0.3 is 9.64 Å². The number of halogens is 3. The fourth-order valence-corrected chi connectivity index (χ4v) is 3.55. The van der Waals surface area contributed by atoms with Gasteiger partial charge in [0.2, 0.25) is 5.88 Å². The highest BCUT2D eigenvalue weighted by molar-refractivity contribution is 5.94. The molecule has 4 nitrogen and oxygen atoms in total. The average Bonchev–Trinajstić information content (AvgIpc) is 2.61. The molecule has 2 heterocycles. The number of amides is 1. The van der Waals surface area contributed by atoms with Gasteiger partial charge in [-0.2, -0.15) is 13.2 Å². The second kappa shape index (κ2) is 7.62. The van der Waals surface area contributed by atoms with Gasteiger partial charge in [0.05, 0.1) is 5.92 Å². The van der Waals surface area contributed by atoms with E-state index in [1.165, 1.54) is 17.5 Å². The lowest BCUT2D eigenvalue weighted by molar-refractivity contribution is -0.183. The number of nitrogens with zero attached hydrogens (tertiary/aromatic N) is 2. The van der Waals surface area contributed by atoms with Crippen molar-refractivity contribution >= 4 is 5.91 Å². The number of rotatable bonds is 3. The van der Waals surface area contributed by atoms with Crippen molar-refractivity contribution in [2.45, 2.75) is 57.2 Å². The topological polar surface area (TPSA) is 42.4 Å². The van der Waals surface area contributed by atoms with Gasteiger partial charge >= 0.3 is 6.18 Å². The number of alkyl halides is 3. The Labute approximate surface area is 145 Å². The molecule has 0 atom stereocenters. The van der Waals surface area contributed by atoms with Gasteiger partial charge in [0.25, 0.3) is 5.91 Å². The van der Waals surface area contributed by atoms with Crippen molar-refractivity contribution in [3.05, 3.63) is 23.9 Å². The van der Waals surface area contributed by atoms with Crippen molar-refractivity contribution in [3.63, 3.8) is 0 Å². The maximum atomic E-state index is 12.7. The van der Waals surface area contributed by atoms with Crippen LogP contribution in [0, 0.1) is 5.92 Å². The number of likely N-dealkylation sites (tertiary alicyclic amines) is 1. The van der Waals surface area contributed by atoms with E-state index < -0.39 is 12.1 Å². The van der Waals surface area contributed by atoms with E-state index in [1.54, 1.807) is 12.1 Å². The summed E-state index contributed by atoms with van der Waals surface area (Å²) in [5, 5.41) is 0. The number of ether oxygens (including phenoxy) is 1. The Morgan fingerprint density at radius 2 is 1.80 bits per heavy atom. The van der Waals surface area contributed by atoms with E-state index in [1.807, 2.05) is 0 Å². The molecule has 0 aromatic carbocycles. The van der Waals surface area contributed by atoms with Crippen LogP contribution >= 0.6 is 0 Å². The summed E-state index contributed by atoms with van der Waals surface area (Å²) in [6.07, 6.45) is 2.89. The molecule has 1 aliphatic carbocycles. The molecular weight excluding hydrogens is 333 g/mol. The first-order chi connectivity index (χ1) is 11.9. The summed E-state index contributed by atoms with van der Waals surface area (Å²) in [4.78, 5) is 18.2. The molecule has 2 aliphatic rings. The zero-order valence-electron chi connectivity index (χ0n) is 14.1. The Hall–Kier alpha value is -1.79. The fraction of sp³-hybridized carbons (Fsp3) is 0.667. The molecule has 1 aromatic heterocycles. The number of aromatic nitrogens is 1. The highest BCUT2D eigenvalue weighted by atomic mass is 19.4. The van der Waals surface area contributed by atoms with E-state index in [-0.39, 0.29) is 37.9 Å².